The number of nitrogens with zero attached hydrogens (tertiary/aromatic N) is 2. The molecule has 1 aromatic carbocycles. The summed E-state index contributed by atoms with van der Waals surface area (Å²) < 4.78 is 30.1. The summed E-state index contributed by atoms with van der Waals surface area (Å²) in [5, 5.41) is 4.19. The molecule has 2 heterocycles. The lowest BCUT2D eigenvalue weighted by molar-refractivity contribution is 0.268. The summed E-state index contributed by atoms with van der Waals surface area (Å²) in [6.45, 7) is 7.17. The second kappa shape index (κ2) is 8.08. The van der Waals surface area contributed by atoms with E-state index in [0.29, 0.717) is 23.9 Å². The molecule has 0 radical (unpaired) electrons. The molecule has 25 heavy (non-hydrogen) atoms. The van der Waals surface area contributed by atoms with Crippen molar-refractivity contribution in [3.8, 4) is 0 Å². The highest BCUT2D eigenvalue weighted by atomic mass is 35.5. The Hall–Kier alpha value is -1.08. The van der Waals surface area contributed by atoms with Crippen LogP contribution >= 0.6 is 12.4 Å². The molecule has 1 aliphatic rings. The van der Waals surface area contributed by atoms with E-state index in [1.807, 2.05) is 42.8 Å². The van der Waals surface area contributed by atoms with E-state index in [4.69, 9.17) is 0 Å². The fraction of sp³-hybridized carbons (Fsp3) is 0.556. The first-order valence-electron chi connectivity index (χ1n) is 8.71. The van der Waals surface area contributed by atoms with Crippen LogP contribution in [0.3, 0.4) is 0 Å². The molecule has 140 valence electrons. The number of sulfonamides is 1. The summed E-state index contributed by atoms with van der Waals surface area (Å²) in [6, 6.07) is 7.74. The lowest BCUT2D eigenvalue weighted by Gasteiger charge is -2.31. The van der Waals surface area contributed by atoms with Gasteiger partial charge in [0.25, 0.3) is 0 Å². The maximum atomic E-state index is 13.3. The van der Waals surface area contributed by atoms with Crippen LogP contribution in [0.4, 0.5) is 0 Å². The Morgan fingerprint density at radius 1 is 1.20 bits per heavy atom. The number of aryl methyl sites for hydroxylation is 1. The van der Waals surface area contributed by atoms with Crippen LogP contribution in [0.15, 0.2) is 29.2 Å². The van der Waals surface area contributed by atoms with Gasteiger partial charge in [0.05, 0.1) is 0 Å². The number of halogens is 1. The topological polar surface area (TPSA) is 54.3 Å². The van der Waals surface area contributed by atoms with Gasteiger partial charge in [-0.25, -0.2) is 8.42 Å². The van der Waals surface area contributed by atoms with Crippen LogP contribution in [0.25, 0.3) is 10.9 Å². The van der Waals surface area contributed by atoms with Crippen molar-refractivity contribution in [3.05, 3.63) is 30.0 Å². The van der Waals surface area contributed by atoms with E-state index < -0.39 is 10.0 Å². The van der Waals surface area contributed by atoms with Gasteiger partial charge in [-0.15, -0.1) is 12.4 Å². The monoisotopic (exact) mass is 385 g/mol. The van der Waals surface area contributed by atoms with Gasteiger partial charge in [-0.2, -0.15) is 4.31 Å². The number of nitrogens with one attached hydrogen (secondary N) is 1. The third-order valence-electron chi connectivity index (χ3n) is 5.20. The van der Waals surface area contributed by atoms with Crippen LogP contribution in [0.2, 0.25) is 0 Å². The molecule has 3 rings (SSSR count). The molecule has 0 saturated carbocycles. The van der Waals surface area contributed by atoms with Crippen molar-refractivity contribution in [2.24, 2.45) is 13.0 Å². The molecule has 0 amide bonds. The van der Waals surface area contributed by atoms with Crippen LogP contribution in [0, 0.1) is 12.8 Å². The maximum absolute atomic E-state index is 13.3. The molecular weight excluding hydrogens is 358 g/mol. The van der Waals surface area contributed by atoms with Crippen molar-refractivity contribution < 1.29 is 8.42 Å². The molecule has 0 atom stereocenters. The zero-order valence-electron chi connectivity index (χ0n) is 15.2. The number of benzene rings is 1. The molecule has 1 N–H and O–H groups in total. The molecule has 0 spiro atoms. The van der Waals surface area contributed by atoms with Gasteiger partial charge in [-0.3, -0.25) is 0 Å². The summed E-state index contributed by atoms with van der Waals surface area (Å²) in [7, 11) is -1.52. The average Bonchev–Trinajstić information content (AvgIpc) is 2.85. The lowest BCUT2D eigenvalue weighted by Crippen LogP contribution is -2.40. The fourth-order valence-electron chi connectivity index (χ4n) is 3.64. The average molecular weight is 386 g/mol. The third kappa shape index (κ3) is 3.72. The normalized spacial score (nSPS) is 16.9. The van der Waals surface area contributed by atoms with Crippen molar-refractivity contribution in [1.82, 2.24) is 14.2 Å². The fourth-order valence-corrected chi connectivity index (χ4v) is 5.55. The van der Waals surface area contributed by atoms with Crippen molar-refractivity contribution in [3.63, 3.8) is 0 Å². The van der Waals surface area contributed by atoms with Gasteiger partial charge in [0, 0.05) is 36.7 Å². The predicted molar refractivity (Wildman–Crippen MR) is 105 cm³/mol. The maximum Gasteiger partial charge on any atom is 0.245 e. The highest BCUT2D eigenvalue weighted by Crippen LogP contribution is 2.32. The van der Waals surface area contributed by atoms with E-state index in [9.17, 15) is 8.42 Å². The first-order chi connectivity index (χ1) is 11.5. The van der Waals surface area contributed by atoms with E-state index in [1.165, 1.54) is 0 Å². The zero-order chi connectivity index (χ0) is 17.3. The zero-order valence-corrected chi connectivity index (χ0v) is 16.8. The second-order valence-electron chi connectivity index (χ2n) is 6.65. The number of hydrogen-bond donors (Lipinski definition) is 1. The molecule has 1 aliphatic heterocycles. The number of rotatable bonds is 5. The van der Waals surface area contributed by atoms with Crippen LogP contribution in [0.1, 0.15) is 25.5 Å². The summed E-state index contributed by atoms with van der Waals surface area (Å²) in [4.78, 5) is 0.478. The van der Waals surface area contributed by atoms with Gasteiger partial charge < -0.3 is 9.88 Å². The van der Waals surface area contributed by atoms with E-state index >= 15 is 0 Å². The first-order valence-corrected chi connectivity index (χ1v) is 10.2. The quantitative estimate of drug-likeness (QED) is 0.860. The van der Waals surface area contributed by atoms with E-state index in [2.05, 4.69) is 12.2 Å². The van der Waals surface area contributed by atoms with Crippen molar-refractivity contribution in [1.29, 1.82) is 0 Å². The van der Waals surface area contributed by atoms with Crippen LogP contribution in [-0.4, -0.2) is 43.5 Å². The number of fused-ring (bicyclic) bond motifs is 1. The molecule has 5 nitrogen and oxygen atoms in total. The Kier molecular flexibility index (Phi) is 6.54. The van der Waals surface area contributed by atoms with E-state index in [-0.39, 0.29) is 12.4 Å². The first kappa shape index (κ1) is 20.2. The minimum Gasteiger partial charge on any atom is -0.347 e. The molecule has 1 fully saturated rings. The van der Waals surface area contributed by atoms with Gasteiger partial charge in [-0.05, 0) is 44.8 Å². The molecule has 0 bridgehead atoms. The van der Waals surface area contributed by atoms with Crippen molar-refractivity contribution in [2.45, 2.75) is 31.6 Å². The number of para-hydroxylation sites is 1. The third-order valence-corrected chi connectivity index (χ3v) is 7.27. The van der Waals surface area contributed by atoms with Gasteiger partial charge in [0.15, 0.2) is 0 Å². The second-order valence-corrected chi connectivity index (χ2v) is 8.52. The minimum absolute atomic E-state index is 0. The van der Waals surface area contributed by atoms with Crippen molar-refractivity contribution >= 4 is 33.3 Å². The summed E-state index contributed by atoms with van der Waals surface area (Å²) in [5.41, 5.74) is 1.78. The molecule has 1 aromatic heterocycles. The Labute approximate surface area is 156 Å². The highest BCUT2D eigenvalue weighted by molar-refractivity contribution is 7.89. The van der Waals surface area contributed by atoms with Gasteiger partial charge in [0.2, 0.25) is 10.0 Å². The molecule has 7 heteroatoms. The van der Waals surface area contributed by atoms with Gasteiger partial charge >= 0.3 is 0 Å². The van der Waals surface area contributed by atoms with Gasteiger partial charge in [0.1, 0.15) is 4.90 Å². The Morgan fingerprint density at radius 3 is 2.48 bits per heavy atom. The summed E-state index contributed by atoms with van der Waals surface area (Å²) in [6.07, 6.45) is 1.85. The number of piperidine rings is 1. The molecule has 1 saturated heterocycles. The molecular formula is C18H28ClN3O2S. The number of hydrogen-bond acceptors (Lipinski definition) is 3. The van der Waals surface area contributed by atoms with Crippen LogP contribution < -0.4 is 5.32 Å². The largest absolute Gasteiger partial charge is 0.347 e. The Morgan fingerprint density at radius 2 is 1.84 bits per heavy atom. The number of aromatic nitrogens is 1. The van der Waals surface area contributed by atoms with Crippen LogP contribution in [0.5, 0.6) is 0 Å². The Bertz CT molecular complexity index is 824. The van der Waals surface area contributed by atoms with Crippen molar-refractivity contribution in [2.75, 3.05) is 26.2 Å². The predicted octanol–water partition coefficient (Wildman–Crippen LogP) is 2.92. The lowest BCUT2D eigenvalue weighted by atomic mass is 9.98. The Balaban J connectivity index is 0.00000225. The van der Waals surface area contributed by atoms with Gasteiger partial charge in [-0.1, -0.05) is 25.1 Å². The summed E-state index contributed by atoms with van der Waals surface area (Å²) >= 11 is 0. The molecule has 2 aromatic rings. The highest BCUT2D eigenvalue weighted by Gasteiger charge is 2.33. The summed E-state index contributed by atoms with van der Waals surface area (Å²) in [5.74, 6) is 0.574. The standard InChI is InChI=1S/C18H27N3O2S.ClH/c1-4-19-13-15-9-11-21(12-10-15)24(22,23)18-14(2)20(3)17-8-6-5-7-16(17)18;/h5-8,15,19H,4,9-13H2,1-3H3;1H. The smallest absolute Gasteiger partial charge is 0.245 e. The molecule has 0 aliphatic carbocycles. The SMILES string of the molecule is CCNCC1CCN(S(=O)(=O)c2c(C)n(C)c3ccccc23)CC1.Cl. The van der Waals surface area contributed by atoms with Crippen LogP contribution in [-0.2, 0) is 17.1 Å². The van der Waals surface area contributed by atoms with E-state index in [1.54, 1.807) is 4.31 Å². The van der Waals surface area contributed by atoms with E-state index in [0.717, 1.165) is 42.5 Å². The minimum atomic E-state index is -3.45. The molecule has 0 unspecified atom stereocenters.